The van der Waals surface area contributed by atoms with Gasteiger partial charge in [0.05, 0.1) is 0 Å². The fourth-order valence-electron chi connectivity index (χ4n) is 3.02. The number of nitrogens with one attached hydrogen (secondary N) is 1. The number of carbonyl (C=O) groups is 2. The second-order valence-corrected chi connectivity index (χ2v) is 6.61. The van der Waals surface area contributed by atoms with Crippen molar-refractivity contribution in [3.8, 4) is 0 Å². The van der Waals surface area contributed by atoms with E-state index in [4.69, 9.17) is 0 Å². The topological polar surface area (TPSA) is 49.4 Å². The maximum Gasteiger partial charge on any atom is 0.229 e. The van der Waals surface area contributed by atoms with Crippen molar-refractivity contribution in [2.75, 3.05) is 6.54 Å². The van der Waals surface area contributed by atoms with Crippen molar-refractivity contribution in [2.24, 2.45) is 5.41 Å². The highest BCUT2D eigenvalue weighted by Crippen LogP contribution is 2.31. The molecular formula is C14H24N2O2. The number of hydrogen-bond acceptors (Lipinski definition) is 3. The number of amides is 2. The van der Waals surface area contributed by atoms with E-state index in [9.17, 15) is 9.59 Å². The number of carbonyl (C=O) groups excluding carboxylic acids is 2. The summed E-state index contributed by atoms with van der Waals surface area (Å²) in [7, 11) is 0. The third-order valence-electron chi connectivity index (χ3n) is 3.97. The van der Waals surface area contributed by atoms with Gasteiger partial charge in [0.2, 0.25) is 11.8 Å². The summed E-state index contributed by atoms with van der Waals surface area (Å²) in [6.45, 7) is 6.69. The molecule has 0 aromatic heterocycles. The van der Waals surface area contributed by atoms with Gasteiger partial charge in [-0.05, 0) is 25.2 Å². The molecule has 1 N–H and O–H groups in total. The predicted octanol–water partition coefficient (Wildman–Crippen LogP) is 1.69. The van der Waals surface area contributed by atoms with Crippen molar-refractivity contribution in [3.63, 3.8) is 0 Å². The molecule has 2 saturated heterocycles. The van der Waals surface area contributed by atoms with Crippen molar-refractivity contribution in [1.82, 2.24) is 10.2 Å². The Labute approximate surface area is 109 Å². The van der Waals surface area contributed by atoms with Gasteiger partial charge in [0.25, 0.3) is 0 Å². The lowest BCUT2D eigenvalue weighted by Gasteiger charge is -2.38. The van der Waals surface area contributed by atoms with Gasteiger partial charge in [-0.1, -0.05) is 20.3 Å². The van der Waals surface area contributed by atoms with Crippen molar-refractivity contribution in [2.45, 2.75) is 65.0 Å². The van der Waals surface area contributed by atoms with Gasteiger partial charge in [0, 0.05) is 31.5 Å². The van der Waals surface area contributed by atoms with Gasteiger partial charge < -0.3 is 5.32 Å². The van der Waals surface area contributed by atoms with E-state index >= 15 is 0 Å². The lowest BCUT2D eigenvalue weighted by molar-refractivity contribution is -0.153. The largest absolute Gasteiger partial charge is 0.310 e. The lowest BCUT2D eigenvalue weighted by atomic mass is 9.81. The quantitative estimate of drug-likeness (QED) is 0.761. The van der Waals surface area contributed by atoms with Crippen molar-refractivity contribution >= 4 is 11.8 Å². The first-order valence-corrected chi connectivity index (χ1v) is 6.97. The summed E-state index contributed by atoms with van der Waals surface area (Å²) in [5.74, 6) is -0.00690. The zero-order chi connectivity index (χ0) is 13.3. The maximum atomic E-state index is 12.1. The maximum absolute atomic E-state index is 12.1. The summed E-state index contributed by atoms with van der Waals surface area (Å²) in [5, 5.41) is 3.48. The third kappa shape index (κ3) is 3.10. The van der Waals surface area contributed by atoms with Crippen LogP contribution in [-0.4, -0.2) is 35.3 Å². The molecule has 0 aromatic carbocycles. The molecule has 102 valence electrons. The van der Waals surface area contributed by atoms with E-state index < -0.39 is 0 Å². The Hall–Kier alpha value is -0.900. The smallest absolute Gasteiger partial charge is 0.229 e. The van der Waals surface area contributed by atoms with E-state index in [2.05, 4.69) is 12.2 Å². The number of likely N-dealkylation sites (tertiary alicyclic amines) is 1. The Morgan fingerprint density at radius 2 is 1.83 bits per heavy atom. The molecule has 4 heteroatoms. The van der Waals surface area contributed by atoms with E-state index in [1.807, 2.05) is 13.8 Å². The molecule has 0 bridgehead atoms. The summed E-state index contributed by atoms with van der Waals surface area (Å²) in [6, 6.07) is 0.776. The number of rotatable bonds is 2. The van der Waals surface area contributed by atoms with Gasteiger partial charge in [-0.25, -0.2) is 0 Å². The molecule has 2 atom stereocenters. The Kier molecular flexibility index (Phi) is 3.76. The van der Waals surface area contributed by atoms with Crippen molar-refractivity contribution in [1.29, 1.82) is 0 Å². The minimum Gasteiger partial charge on any atom is -0.310 e. The van der Waals surface area contributed by atoms with Crippen LogP contribution in [0.15, 0.2) is 0 Å². The molecule has 2 rings (SSSR count). The number of hydrogen-bond donors (Lipinski definition) is 1. The fraction of sp³-hybridized carbons (Fsp3) is 0.857. The Balaban J connectivity index is 1.96. The third-order valence-corrected chi connectivity index (χ3v) is 3.97. The van der Waals surface area contributed by atoms with Crippen LogP contribution in [0.1, 0.15) is 52.9 Å². The molecule has 0 spiro atoms. The van der Waals surface area contributed by atoms with Gasteiger partial charge in [-0.2, -0.15) is 0 Å². The average molecular weight is 252 g/mol. The van der Waals surface area contributed by atoms with E-state index in [-0.39, 0.29) is 23.3 Å². The Bertz CT molecular complexity index is 332. The second kappa shape index (κ2) is 5.00. The molecule has 2 aliphatic heterocycles. The number of piperidine rings is 2. The van der Waals surface area contributed by atoms with Crippen LogP contribution in [-0.2, 0) is 9.59 Å². The monoisotopic (exact) mass is 252 g/mol. The van der Waals surface area contributed by atoms with E-state index in [1.54, 1.807) is 0 Å². The first kappa shape index (κ1) is 13.5. The molecule has 2 unspecified atom stereocenters. The van der Waals surface area contributed by atoms with Gasteiger partial charge in [-0.3, -0.25) is 14.5 Å². The van der Waals surface area contributed by atoms with E-state index in [1.165, 1.54) is 17.7 Å². The highest BCUT2D eigenvalue weighted by atomic mass is 16.2. The first-order chi connectivity index (χ1) is 8.37. The molecule has 18 heavy (non-hydrogen) atoms. The van der Waals surface area contributed by atoms with Crippen LogP contribution in [0.3, 0.4) is 0 Å². The number of imide groups is 1. The zero-order valence-corrected chi connectivity index (χ0v) is 11.7. The molecule has 0 aromatic rings. The normalized spacial score (nSPS) is 32.7. The van der Waals surface area contributed by atoms with Crippen LogP contribution in [0.5, 0.6) is 0 Å². The van der Waals surface area contributed by atoms with Crippen LogP contribution < -0.4 is 5.32 Å². The summed E-state index contributed by atoms with van der Waals surface area (Å²) in [6.07, 6.45) is 4.40. The molecule has 2 heterocycles. The van der Waals surface area contributed by atoms with Crippen LogP contribution >= 0.6 is 0 Å². The highest BCUT2D eigenvalue weighted by molar-refractivity contribution is 5.98. The Morgan fingerprint density at radius 1 is 1.22 bits per heavy atom. The summed E-state index contributed by atoms with van der Waals surface area (Å²) in [5.41, 5.74) is -0.169. The highest BCUT2D eigenvalue weighted by Gasteiger charge is 2.38. The minimum absolute atomic E-state index is 0.00345. The molecule has 2 fully saturated rings. The predicted molar refractivity (Wildman–Crippen MR) is 70.0 cm³/mol. The van der Waals surface area contributed by atoms with Gasteiger partial charge in [-0.15, -0.1) is 0 Å². The Morgan fingerprint density at radius 3 is 2.39 bits per heavy atom. The van der Waals surface area contributed by atoms with E-state index in [0.717, 1.165) is 6.42 Å². The van der Waals surface area contributed by atoms with Crippen LogP contribution in [0.2, 0.25) is 0 Å². The van der Waals surface area contributed by atoms with Gasteiger partial charge in [0.15, 0.2) is 0 Å². The summed E-state index contributed by atoms with van der Waals surface area (Å²) < 4.78 is 0. The van der Waals surface area contributed by atoms with Crippen LogP contribution in [0, 0.1) is 5.41 Å². The van der Waals surface area contributed by atoms with Gasteiger partial charge >= 0.3 is 0 Å². The standard InChI is InChI=1S/C14H24N2O2/c1-10-5-4-6-11(15-10)9-16-12(17)7-14(2,3)8-13(16)18/h10-11,15H,4-9H2,1-3H3. The second-order valence-electron chi connectivity index (χ2n) is 6.61. The molecule has 2 amide bonds. The van der Waals surface area contributed by atoms with Crippen molar-refractivity contribution in [3.05, 3.63) is 0 Å². The summed E-state index contributed by atoms with van der Waals surface area (Å²) in [4.78, 5) is 25.6. The van der Waals surface area contributed by atoms with E-state index in [0.29, 0.717) is 25.4 Å². The van der Waals surface area contributed by atoms with Gasteiger partial charge in [0.1, 0.15) is 0 Å². The first-order valence-electron chi connectivity index (χ1n) is 6.97. The molecule has 2 aliphatic rings. The van der Waals surface area contributed by atoms with Crippen LogP contribution in [0.4, 0.5) is 0 Å². The number of nitrogens with zero attached hydrogens (tertiary/aromatic N) is 1. The van der Waals surface area contributed by atoms with Crippen molar-refractivity contribution < 1.29 is 9.59 Å². The molecular weight excluding hydrogens is 228 g/mol. The SMILES string of the molecule is CC1CCCC(CN2C(=O)CC(C)(C)CC2=O)N1. The fourth-order valence-corrected chi connectivity index (χ4v) is 3.02. The molecule has 0 radical (unpaired) electrons. The molecule has 0 aliphatic carbocycles. The average Bonchev–Trinajstić information content (AvgIpc) is 2.22. The molecule has 0 saturated carbocycles. The lowest BCUT2D eigenvalue weighted by Crippen LogP contribution is -2.53. The minimum atomic E-state index is -0.169. The zero-order valence-electron chi connectivity index (χ0n) is 11.7. The van der Waals surface area contributed by atoms with Crippen LogP contribution in [0.25, 0.3) is 0 Å². The molecule has 4 nitrogen and oxygen atoms in total. The summed E-state index contributed by atoms with van der Waals surface area (Å²) >= 11 is 0.